The molecule has 1 fully saturated rings. The zero-order chi connectivity index (χ0) is 15.1. The van der Waals surface area contributed by atoms with Gasteiger partial charge in [0.2, 0.25) is 0 Å². The summed E-state index contributed by atoms with van der Waals surface area (Å²) in [7, 11) is 0. The highest BCUT2D eigenvalue weighted by Crippen LogP contribution is 2.31. The van der Waals surface area contributed by atoms with Crippen LogP contribution in [0, 0.1) is 0 Å². The number of aromatic nitrogens is 2. The Kier molecular flexibility index (Phi) is 4.00. The van der Waals surface area contributed by atoms with Crippen LogP contribution in [0.25, 0.3) is 0 Å². The Balaban J connectivity index is 2.35. The van der Waals surface area contributed by atoms with Gasteiger partial charge in [0, 0.05) is 25.1 Å². The van der Waals surface area contributed by atoms with E-state index in [1.165, 1.54) is 0 Å². The third kappa shape index (κ3) is 3.61. The summed E-state index contributed by atoms with van der Waals surface area (Å²) in [5.74, 6) is 1.93. The summed E-state index contributed by atoms with van der Waals surface area (Å²) in [5.41, 5.74) is -0.422. The highest BCUT2D eigenvalue weighted by molar-refractivity contribution is 6.29. The van der Waals surface area contributed by atoms with Crippen LogP contribution in [-0.4, -0.2) is 34.3 Å². The molecule has 1 aliphatic rings. The fourth-order valence-corrected chi connectivity index (χ4v) is 2.98. The maximum atomic E-state index is 6.15. The van der Waals surface area contributed by atoms with E-state index < -0.39 is 0 Å². The average molecular weight is 298 g/mol. The summed E-state index contributed by atoms with van der Waals surface area (Å²) in [6.45, 7) is 14.1. The van der Waals surface area contributed by atoms with E-state index in [1.54, 1.807) is 0 Å². The molecular formula is C15H24ClN3O. The number of anilines is 1. The van der Waals surface area contributed by atoms with Gasteiger partial charge < -0.3 is 9.64 Å². The van der Waals surface area contributed by atoms with E-state index in [-0.39, 0.29) is 17.1 Å². The molecule has 0 spiro atoms. The number of rotatable bonds is 2. The van der Waals surface area contributed by atoms with Crippen molar-refractivity contribution in [2.75, 3.05) is 18.0 Å². The molecule has 0 saturated carbocycles. The lowest BCUT2D eigenvalue weighted by molar-refractivity contribution is -0.133. The SMILES string of the molecule is CC(C)c1nc(Cl)cc(N2CC(C)(C)OC(C)(C)C2)n1. The first-order chi connectivity index (χ1) is 9.08. The van der Waals surface area contributed by atoms with Gasteiger partial charge in [0.1, 0.15) is 16.8 Å². The van der Waals surface area contributed by atoms with Gasteiger partial charge in [0.25, 0.3) is 0 Å². The fraction of sp³-hybridized carbons (Fsp3) is 0.733. The second-order valence-electron chi connectivity index (χ2n) is 7.04. The molecule has 2 heterocycles. The number of ether oxygens (including phenoxy) is 1. The van der Waals surface area contributed by atoms with Gasteiger partial charge in [-0.15, -0.1) is 0 Å². The fourth-order valence-electron chi connectivity index (χ4n) is 2.79. The van der Waals surface area contributed by atoms with Crippen molar-refractivity contribution in [3.8, 4) is 0 Å². The van der Waals surface area contributed by atoms with Crippen molar-refractivity contribution in [2.24, 2.45) is 0 Å². The number of halogens is 1. The lowest BCUT2D eigenvalue weighted by Gasteiger charge is -2.47. The smallest absolute Gasteiger partial charge is 0.135 e. The largest absolute Gasteiger partial charge is 0.366 e. The maximum Gasteiger partial charge on any atom is 0.135 e. The molecule has 0 N–H and O–H groups in total. The molecule has 1 aromatic rings. The predicted octanol–water partition coefficient (Wildman–Crippen LogP) is 3.65. The summed E-state index contributed by atoms with van der Waals surface area (Å²) in [5, 5.41) is 0.501. The molecule has 1 aliphatic heterocycles. The van der Waals surface area contributed by atoms with E-state index in [0.717, 1.165) is 24.7 Å². The number of hydrogen-bond acceptors (Lipinski definition) is 4. The zero-order valence-corrected chi connectivity index (χ0v) is 14.0. The van der Waals surface area contributed by atoms with Gasteiger partial charge in [0.05, 0.1) is 11.2 Å². The third-order valence-electron chi connectivity index (χ3n) is 3.23. The molecule has 112 valence electrons. The zero-order valence-electron chi connectivity index (χ0n) is 13.2. The molecule has 0 unspecified atom stereocenters. The lowest BCUT2D eigenvalue weighted by Crippen LogP contribution is -2.57. The Hall–Kier alpha value is -0.870. The Bertz CT molecular complexity index is 484. The first-order valence-electron chi connectivity index (χ1n) is 7.08. The minimum absolute atomic E-state index is 0.211. The van der Waals surface area contributed by atoms with E-state index in [1.807, 2.05) is 6.07 Å². The molecule has 4 nitrogen and oxygen atoms in total. The van der Waals surface area contributed by atoms with Gasteiger partial charge in [-0.2, -0.15) is 0 Å². The Morgan fingerprint density at radius 3 is 2.20 bits per heavy atom. The van der Waals surface area contributed by atoms with Crippen molar-refractivity contribution in [1.82, 2.24) is 9.97 Å². The van der Waals surface area contributed by atoms with Gasteiger partial charge in [-0.25, -0.2) is 9.97 Å². The van der Waals surface area contributed by atoms with E-state index in [4.69, 9.17) is 16.3 Å². The van der Waals surface area contributed by atoms with Crippen LogP contribution < -0.4 is 4.90 Å². The van der Waals surface area contributed by atoms with Crippen molar-refractivity contribution in [3.63, 3.8) is 0 Å². The minimum Gasteiger partial charge on any atom is -0.366 e. The molecule has 0 aliphatic carbocycles. The standard InChI is InChI=1S/C15H24ClN3O/c1-10(2)13-17-11(16)7-12(18-13)19-8-14(3,4)20-15(5,6)9-19/h7,10H,8-9H2,1-6H3. The summed E-state index contributed by atoms with van der Waals surface area (Å²) in [4.78, 5) is 11.2. The monoisotopic (exact) mass is 297 g/mol. The third-order valence-corrected chi connectivity index (χ3v) is 3.43. The van der Waals surface area contributed by atoms with Crippen LogP contribution in [-0.2, 0) is 4.74 Å². The van der Waals surface area contributed by atoms with Crippen LogP contribution in [0.2, 0.25) is 5.15 Å². The van der Waals surface area contributed by atoms with Crippen LogP contribution in [0.1, 0.15) is 53.3 Å². The van der Waals surface area contributed by atoms with Crippen LogP contribution in [0.5, 0.6) is 0 Å². The summed E-state index contributed by atoms with van der Waals surface area (Å²) in [6.07, 6.45) is 0. The Morgan fingerprint density at radius 2 is 1.70 bits per heavy atom. The molecule has 2 rings (SSSR count). The quantitative estimate of drug-likeness (QED) is 0.781. The number of nitrogens with zero attached hydrogens (tertiary/aromatic N) is 3. The topological polar surface area (TPSA) is 38.2 Å². The molecule has 0 atom stereocenters. The molecule has 20 heavy (non-hydrogen) atoms. The molecular weight excluding hydrogens is 274 g/mol. The van der Waals surface area contributed by atoms with E-state index in [0.29, 0.717) is 5.15 Å². The van der Waals surface area contributed by atoms with Crippen molar-refractivity contribution < 1.29 is 4.74 Å². The average Bonchev–Trinajstić information content (AvgIpc) is 2.23. The Labute approximate surface area is 126 Å². The van der Waals surface area contributed by atoms with E-state index in [9.17, 15) is 0 Å². The highest BCUT2D eigenvalue weighted by Gasteiger charge is 2.38. The van der Waals surface area contributed by atoms with Crippen LogP contribution in [0.4, 0.5) is 5.82 Å². The summed E-state index contributed by atoms with van der Waals surface area (Å²) in [6, 6.07) is 1.84. The normalized spacial score (nSPS) is 21.3. The van der Waals surface area contributed by atoms with Crippen LogP contribution in [0.15, 0.2) is 6.07 Å². The molecule has 0 amide bonds. The molecule has 1 aromatic heterocycles. The number of morpholine rings is 1. The lowest BCUT2D eigenvalue weighted by atomic mass is 9.99. The molecule has 0 aromatic carbocycles. The van der Waals surface area contributed by atoms with Crippen molar-refractivity contribution in [2.45, 2.75) is 58.7 Å². The van der Waals surface area contributed by atoms with Crippen LogP contribution >= 0.6 is 11.6 Å². The van der Waals surface area contributed by atoms with Crippen molar-refractivity contribution >= 4 is 17.4 Å². The first-order valence-corrected chi connectivity index (χ1v) is 7.45. The Morgan fingerprint density at radius 1 is 1.15 bits per heavy atom. The van der Waals surface area contributed by atoms with Gasteiger partial charge in [-0.05, 0) is 27.7 Å². The second kappa shape index (κ2) is 5.15. The van der Waals surface area contributed by atoms with E-state index in [2.05, 4.69) is 56.4 Å². The minimum atomic E-state index is -0.211. The van der Waals surface area contributed by atoms with Gasteiger partial charge in [-0.3, -0.25) is 0 Å². The molecule has 0 bridgehead atoms. The van der Waals surface area contributed by atoms with Crippen molar-refractivity contribution in [3.05, 3.63) is 17.0 Å². The van der Waals surface area contributed by atoms with Gasteiger partial charge >= 0.3 is 0 Å². The van der Waals surface area contributed by atoms with E-state index >= 15 is 0 Å². The second-order valence-corrected chi connectivity index (χ2v) is 7.43. The highest BCUT2D eigenvalue weighted by atomic mass is 35.5. The molecule has 1 saturated heterocycles. The van der Waals surface area contributed by atoms with Gasteiger partial charge in [-0.1, -0.05) is 25.4 Å². The van der Waals surface area contributed by atoms with Crippen LogP contribution in [0.3, 0.4) is 0 Å². The molecule has 0 radical (unpaired) electrons. The van der Waals surface area contributed by atoms with Crippen molar-refractivity contribution in [1.29, 1.82) is 0 Å². The predicted molar refractivity (Wildman–Crippen MR) is 82.6 cm³/mol. The first kappa shape index (κ1) is 15.5. The van der Waals surface area contributed by atoms with Gasteiger partial charge in [0.15, 0.2) is 0 Å². The molecule has 5 heteroatoms. The summed E-state index contributed by atoms with van der Waals surface area (Å²) < 4.78 is 6.10. The summed E-state index contributed by atoms with van der Waals surface area (Å²) >= 11 is 6.15. The number of hydrogen-bond donors (Lipinski definition) is 0. The maximum absolute atomic E-state index is 6.15.